The Bertz CT molecular complexity index is 969. The molecule has 0 aliphatic heterocycles. The second kappa shape index (κ2) is 10.1. The molecule has 3 rings (SSSR count). The van der Waals surface area contributed by atoms with E-state index in [1.807, 2.05) is 37.3 Å². The fourth-order valence-electron chi connectivity index (χ4n) is 2.61. The lowest BCUT2D eigenvalue weighted by Crippen LogP contribution is -2.29. The summed E-state index contributed by atoms with van der Waals surface area (Å²) in [6.45, 7) is 3.95. The molecule has 0 radical (unpaired) electrons. The number of carbonyl (C=O) groups excluding carboxylic acids is 2. The molecular formula is C24H23NO5. The van der Waals surface area contributed by atoms with E-state index in [0.29, 0.717) is 29.4 Å². The van der Waals surface area contributed by atoms with Crippen LogP contribution in [0.15, 0.2) is 78.9 Å². The molecule has 0 fully saturated rings. The molecule has 6 heteroatoms. The monoisotopic (exact) mass is 405 g/mol. The minimum atomic E-state index is -0.954. The van der Waals surface area contributed by atoms with E-state index in [2.05, 4.69) is 5.32 Å². The number of anilines is 1. The maximum Gasteiger partial charge on any atom is 0.338 e. The highest BCUT2D eigenvalue weighted by Crippen LogP contribution is 2.22. The van der Waals surface area contributed by atoms with Crippen molar-refractivity contribution < 1.29 is 23.8 Å². The number of carbonyl (C=O) groups is 2. The molecule has 3 aromatic carbocycles. The summed E-state index contributed by atoms with van der Waals surface area (Å²) in [5.41, 5.74) is 0.921. The quantitative estimate of drug-likeness (QED) is 0.530. The second-order valence-electron chi connectivity index (χ2n) is 6.43. The van der Waals surface area contributed by atoms with Crippen molar-refractivity contribution >= 4 is 17.6 Å². The molecule has 0 heterocycles. The summed E-state index contributed by atoms with van der Waals surface area (Å²) in [7, 11) is 0. The van der Waals surface area contributed by atoms with E-state index in [0.717, 1.165) is 5.75 Å². The van der Waals surface area contributed by atoms with Gasteiger partial charge in [0.15, 0.2) is 6.10 Å². The van der Waals surface area contributed by atoms with Crippen LogP contribution in [0, 0.1) is 0 Å². The number of ether oxygens (including phenoxy) is 3. The van der Waals surface area contributed by atoms with Crippen LogP contribution in [0.5, 0.6) is 17.2 Å². The topological polar surface area (TPSA) is 73.9 Å². The Morgan fingerprint density at radius 1 is 0.833 bits per heavy atom. The summed E-state index contributed by atoms with van der Waals surface area (Å²) >= 11 is 0. The molecule has 30 heavy (non-hydrogen) atoms. The number of para-hydroxylation sites is 1. The number of hydrogen-bond acceptors (Lipinski definition) is 5. The van der Waals surface area contributed by atoms with Gasteiger partial charge in [0.25, 0.3) is 5.91 Å². The third kappa shape index (κ3) is 5.85. The Labute approximate surface area is 175 Å². The van der Waals surface area contributed by atoms with Gasteiger partial charge >= 0.3 is 5.97 Å². The van der Waals surface area contributed by atoms with Crippen molar-refractivity contribution in [1.29, 1.82) is 0 Å². The fraction of sp³-hybridized carbons (Fsp3) is 0.167. The average molecular weight is 405 g/mol. The Morgan fingerprint density at radius 3 is 2.07 bits per heavy atom. The highest BCUT2D eigenvalue weighted by molar-refractivity contribution is 5.97. The molecule has 0 saturated heterocycles. The lowest BCUT2D eigenvalue weighted by atomic mass is 10.2. The standard InChI is InChI=1S/C24H23NO5/c1-3-28-20-13-9-18(10-14-20)24(27)29-17(2)23(26)25-19-11-15-22(16-12-19)30-21-7-5-4-6-8-21/h4-17H,3H2,1-2H3,(H,25,26)/t17-/m0/s1. The molecule has 0 saturated carbocycles. The van der Waals surface area contributed by atoms with Crippen molar-refractivity contribution in [2.75, 3.05) is 11.9 Å². The number of benzene rings is 3. The minimum absolute atomic E-state index is 0.348. The molecule has 0 spiro atoms. The molecule has 0 bridgehead atoms. The van der Waals surface area contributed by atoms with E-state index in [4.69, 9.17) is 14.2 Å². The van der Waals surface area contributed by atoms with Gasteiger partial charge in [-0.25, -0.2) is 4.79 Å². The van der Waals surface area contributed by atoms with Crippen molar-refractivity contribution in [2.45, 2.75) is 20.0 Å². The molecule has 1 amide bonds. The molecule has 0 aliphatic carbocycles. The van der Waals surface area contributed by atoms with Gasteiger partial charge in [-0.15, -0.1) is 0 Å². The van der Waals surface area contributed by atoms with Gasteiger partial charge in [0.1, 0.15) is 17.2 Å². The fourth-order valence-corrected chi connectivity index (χ4v) is 2.61. The summed E-state index contributed by atoms with van der Waals surface area (Å²) in [4.78, 5) is 24.6. The molecule has 154 valence electrons. The van der Waals surface area contributed by atoms with Crippen LogP contribution in [0.1, 0.15) is 24.2 Å². The molecule has 0 unspecified atom stereocenters. The predicted molar refractivity (Wildman–Crippen MR) is 114 cm³/mol. The van der Waals surface area contributed by atoms with Gasteiger partial charge < -0.3 is 19.5 Å². The van der Waals surface area contributed by atoms with Gasteiger partial charge in [0, 0.05) is 5.69 Å². The number of rotatable bonds is 8. The largest absolute Gasteiger partial charge is 0.494 e. The SMILES string of the molecule is CCOc1ccc(C(=O)O[C@@H](C)C(=O)Nc2ccc(Oc3ccccc3)cc2)cc1. The Kier molecular flexibility index (Phi) is 7.05. The minimum Gasteiger partial charge on any atom is -0.494 e. The summed E-state index contributed by atoms with van der Waals surface area (Å²) < 4.78 is 16.3. The van der Waals surface area contributed by atoms with Gasteiger partial charge in [-0.1, -0.05) is 18.2 Å². The number of esters is 1. The first-order valence-electron chi connectivity index (χ1n) is 9.63. The van der Waals surface area contributed by atoms with Crippen LogP contribution in [0.3, 0.4) is 0 Å². The summed E-state index contributed by atoms with van der Waals surface area (Å²) in [6, 6.07) is 22.9. The number of hydrogen-bond donors (Lipinski definition) is 1. The third-order valence-corrected chi connectivity index (χ3v) is 4.15. The van der Waals surface area contributed by atoms with Crippen LogP contribution in [0.25, 0.3) is 0 Å². The zero-order chi connectivity index (χ0) is 21.3. The van der Waals surface area contributed by atoms with Crippen LogP contribution in [-0.4, -0.2) is 24.6 Å². The van der Waals surface area contributed by atoms with Crippen molar-refractivity contribution in [3.05, 3.63) is 84.4 Å². The highest BCUT2D eigenvalue weighted by atomic mass is 16.5. The highest BCUT2D eigenvalue weighted by Gasteiger charge is 2.19. The summed E-state index contributed by atoms with van der Waals surface area (Å²) in [5.74, 6) is 1.04. The first-order chi connectivity index (χ1) is 14.5. The van der Waals surface area contributed by atoms with Crippen LogP contribution >= 0.6 is 0 Å². The van der Waals surface area contributed by atoms with E-state index in [9.17, 15) is 9.59 Å². The van der Waals surface area contributed by atoms with Gasteiger partial charge in [-0.2, -0.15) is 0 Å². The molecule has 3 aromatic rings. The first kappa shape index (κ1) is 20.9. The van der Waals surface area contributed by atoms with Crippen LogP contribution in [-0.2, 0) is 9.53 Å². The maximum absolute atomic E-state index is 12.4. The maximum atomic E-state index is 12.4. The van der Waals surface area contributed by atoms with Gasteiger partial charge in [-0.05, 0) is 74.5 Å². The molecule has 0 aliphatic rings. The zero-order valence-electron chi connectivity index (χ0n) is 16.8. The van der Waals surface area contributed by atoms with Crippen molar-refractivity contribution in [1.82, 2.24) is 0 Å². The average Bonchev–Trinajstić information content (AvgIpc) is 2.76. The van der Waals surface area contributed by atoms with E-state index in [-0.39, 0.29) is 0 Å². The third-order valence-electron chi connectivity index (χ3n) is 4.15. The Balaban J connectivity index is 1.52. The summed E-state index contributed by atoms with van der Waals surface area (Å²) in [5, 5.41) is 2.72. The van der Waals surface area contributed by atoms with Crippen molar-refractivity contribution in [2.24, 2.45) is 0 Å². The van der Waals surface area contributed by atoms with E-state index < -0.39 is 18.0 Å². The molecule has 6 nitrogen and oxygen atoms in total. The van der Waals surface area contributed by atoms with Crippen LogP contribution < -0.4 is 14.8 Å². The number of amides is 1. The van der Waals surface area contributed by atoms with Crippen LogP contribution in [0.2, 0.25) is 0 Å². The Hall–Kier alpha value is -3.80. The molecular weight excluding hydrogens is 382 g/mol. The molecule has 1 N–H and O–H groups in total. The van der Waals surface area contributed by atoms with E-state index >= 15 is 0 Å². The van der Waals surface area contributed by atoms with Gasteiger partial charge in [-0.3, -0.25) is 4.79 Å². The van der Waals surface area contributed by atoms with Crippen molar-refractivity contribution in [3.63, 3.8) is 0 Å². The van der Waals surface area contributed by atoms with Gasteiger partial charge in [0.2, 0.25) is 0 Å². The van der Waals surface area contributed by atoms with Crippen LogP contribution in [0.4, 0.5) is 5.69 Å². The predicted octanol–water partition coefficient (Wildman–Crippen LogP) is 5.06. The molecule has 0 aromatic heterocycles. The smallest absolute Gasteiger partial charge is 0.338 e. The van der Waals surface area contributed by atoms with Gasteiger partial charge in [0.05, 0.1) is 12.2 Å². The molecule has 1 atom stereocenters. The van der Waals surface area contributed by atoms with E-state index in [1.54, 1.807) is 48.5 Å². The second-order valence-corrected chi connectivity index (χ2v) is 6.43. The Morgan fingerprint density at radius 2 is 1.43 bits per heavy atom. The zero-order valence-corrected chi connectivity index (χ0v) is 16.8. The lowest BCUT2D eigenvalue weighted by molar-refractivity contribution is -0.123. The van der Waals surface area contributed by atoms with E-state index in [1.165, 1.54) is 6.92 Å². The lowest BCUT2D eigenvalue weighted by Gasteiger charge is -2.14. The first-order valence-corrected chi connectivity index (χ1v) is 9.63. The normalized spacial score (nSPS) is 11.3. The number of nitrogens with one attached hydrogen (secondary N) is 1. The summed E-state index contributed by atoms with van der Waals surface area (Å²) in [6.07, 6.45) is -0.954. The van der Waals surface area contributed by atoms with Crippen molar-refractivity contribution in [3.8, 4) is 17.2 Å².